The molecule has 0 spiro atoms. The summed E-state index contributed by atoms with van der Waals surface area (Å²) in [6.45, 7) is 1.60. The lowest BCUT2D eigenvalue weighted by molar-refractivity contribution is -0.138. The van der Waals surface area contributed by atoms with Crippen LogP contribution in [0.4, 0.5) is 30.2 Å². The molecular formula is C17H16ClF3N2O2. The Morgan fingerprint density at radius 1 is 1.28 bits per heavy atom. The van der Waals surface area contributed by atoms with Crippen molar-refractivity contribution in [1.82, 2.24) is 0 Å². The number of anilines is 3. The Balaban J connectivity index is 2.37. The number of alkyl halides is 3. The van der Waals surface area contributed by atoms with Crippen LogP contribution < -0.4 is 11.1 Å². The van der Waals surface area contributed by atoms with Crippen molar-refractivity contribution in [2.45, 2.75) is 25.9 Å². The number of rotatable bonds is 5. The fraction of sp³-hybridized carbons (Fsp3) is 0.235. The molecule has 25 heavy (non-hydrogen) atoms. The zero-order valence-electron chi connectivity index (χ0n) is 13.2. The van der Waals surface area contributed by atoms with Gasteiger partial charge in [-0.25, -0.2) is 0 Å². The fourth-order valence-electron chi connectivity index (χ4n) is 2.44. The maximum atomic E-state index is 13.2. The van der Waals surface area contributed by atoms with E-state index in [2.05, 4.69) is 5.32 Å². The number of carboxylic acid groups (broad SMARTS) is 1. The molecule has 0 aliphatic carbocycles. The van der Waals surface area contributed by atoms with Gasteiger partial charge in [0, 0.05) is 5.69 Å². The van der Waals surface area contributed by atoms with Gasteiger partial charge in [-0.15, -0.1) is 0 Å². The van der Waals surface area contributed by atoms with E-state index < -0.39 is 22.7 Å². The Kier molecular flexibility index (Phi) is 5.47. The van der Waals surface area contributed by atoms with Crippen LogP contribution in [0.25, 0.3) is 0 Å². The largest absolute Gasteiger partial charge is 0.481 e. The molecule has 2 aromatic carbocycles. The topological polar surface area (TPSA) is 75.3 Å². The van der Waals surface area contributed by atoms with Gasteiger partial charge in [-0.1, -0.05) is 30.7 Å². The van der Waals surface area contributed by atoms with Crippen LogP contribution in [0, 0.1) is 0 Å². The first-order valence-electron chi connectivity index (χ1n) is 7.39. The third-order valence-electron chi connectivity index (χ3n) is 3.64. The molecule has 0 bridgehead atoms. The Morgan fingerprint density at radius 2 is 1.88 bits per heavy atom. The summed E-state index contributed by atoms with van der Waals surface area (Å²) in [6.07, 6.45) is -4.57. The van der Waals surface area contributed by atoms with Gasteiger partial charge in [-0.05, 0) is 35.7 Å². The maximum Gasteiger partial charge on any atom is 0.418 e. The molecule has 0 fully saturated rings. The number of carbonyl (C=O) groups is 1. The molecule has 2 rings (SSSR count). The molecule has 0 aromatic heterocycles. The number of hydrogen-bond donors (Lipinski definition) is 3. The molecule has 0 radical (unpaired) electrons. The van der Waals surface area contributed by atoms with E-state index in [9.17, 15) is 18.0 Å². The molecule has 4 N–H and O–H groups in total. The van der Waals surface area contributed by atoms with E-state index in [4.69, 9.17) is 22.4 Å². The van der Waals surface area contributed by atoms with Gasteiger partial charge in [-0.3, -0.25) is 4.79 Å². The minimum atomic E-state index is -4.59. The summed E-state index contributed by atoms with van der Waals surface area (Å²) in [6, 6.07) is 7.79. The summed E-state index contributed by atoms with van der Waals surface area (Å²) in [5, 5.41) is 11.1. The monoisotopic (exact) mass is 372 g/mol. The molecule has 0 unspecified atom stereocenters. The first kappa shape index (κ1) is 18.9. The van der Waals surface area contributed by atoms with Crippen molar-refractivity contribution >= 4 is 34.6 Å². The highest BCUT2D eigenvalue weighted by Gasteiger charge is 2.37. The van der Waals surface area contributed by atoms with E-state index in [0.717, 1.165) is 0 Å². The molecule has 0 amide bonds. The molecular weight excluding hydrogens is 357 g/mol. The summed E-state index contributed by atoms with van der Waals surface area (Å²) in [5.41, 5.74) is 6.12. The van der Waals surface area contributed by atoms with E-state index in [-0.39, 0.29) is 29.8 Å². The summed E-state index contributed by atoms with van der Waals surface area (Å²) in [5.74, 6) is -0.952. The van der Waals surface area contributed by atoms with Gasteiger partial charge >= 0.3 is 12.1 Å². The molecule has 0 aliphatic heterocycles. The van der Waals surface area contributed by atoms with Crippen LogP contribution >= 0.6 is 11.6 Å². The predicted octanol–water partition coefficient (Wildman–Crippen LogP) is 4.87. The second-order valence-corrected chi connectivity index (χ2v) is 5.81. The number of carboxylic acids is 1. The van der Waals surface area contributed by atoms with Gasteiger partial charge in [0.2, 0.25) is 0 Å². The zero-order valence-corrected chi connectivity index (χ0v) is 14.0. The van der Waals surface area contributed by atoms with Crippen LogP contribution in [0.2, 0.25) is 5.02 Å². The highest BCUT2D eigenvalue weighted by Crippen LogP contribution is 2.43. The molecule has 134 valence electrons. The number of benzene rings is 2. The zero-order chi connectivity index (χ0) is 18.8. The van der Waals surface area contributed by atoms with Crippen molar-refractivity contribution in [2.24, 2.45) is 0 Å². The second-order valence-electron chi connectivity index (χ2n) is 5.43. The van der Waals surface area contributed by atoms with Crippen molar-refractivity contribution < 1.29 is 23.1 Å². The molecule has 0 saturated heterocycles. The minimum Gasteiger partial charge on any atom is -0.481 e. The molecule has 0 heterocycles. The SMILES string of the molecule is CCc1cc(Nc2ccc(CC(=O)O)cc2)c(N)c(Cl)c1C(F)(F)F. The number of aliphatic carboxylic acids is 1. The highest BCUT2D eigenvalue weighted by atomic mass is 35.5. The Morgan fingerprint density at radius 3 is 2.36 bits per heavy atom. The number of nitrogens with one attached hydrogen (secondary N) is 1. The number of nitrogen functional groups attached to an aromatic ring is 1. The molecule has 4 nitrogen and oxygen atoms in total. The Bertz CT molecular complexity index is 790. The van der Waals surface area contributed by atoms with Crippen molar-refractivity contribution in [3.8, 4) is 0 Å². The summed E-state index contributed by atoms with van der Waals surface area (Å²) in [7, 11) is 0. The first-order chi connectivity index (χ1) is 11.6. The maximum absolute atomic E-state index is 13.2. The number of hydrogen-bond acceptors (Lipinski definition) is 3. The lowest BCUT2D eigenvalue weighted by Crippen LogP contribution is -2.12. The van der Waals surface area contributed by atoms with E-state index in [1.807, 2.05) is 0 Å². The van der Waals surface area contributed by atoms with Gasteiger partial charge in [0.1, 0.15) is 0 Å². The van der Waals surface area contributed by atoms with Crippen molar-refractivity contribution in [3.63, 3.8) is 0 Å². The molecule has 0 saturated carbocycles. The van der Waals surface area contributed by atoms with E-state index in [1.165, 1.54) is 6.07 Å². The third kappa shape index (κ3) is 4.36. The summed E-state index contributed by atoms with van der Waals surface area (Å²) < 4.78 is 39.5. The smallest absolute Gasteiger partial charge is 0.418 e. The van der Waals surface area contributed by atoms with Crippen LogP contribution in [0.1, 0.15) is 23.6 Å². The first-order valence-corrected chi connectivity index (χ1v) is 7.77. The quantitative estimate of drug-likeness (QED) is 0.654. The van der Waals surface area contributed by atoms with Crippen LogP contribution in [0.5, 0.6) is 0 Å². The van der Waals surface area contributed by atoms with Crippen LogP contribution in [0.15, 0.2) is 30.3 Å². The molecule has 8 heteroatoms. The molecule has 0 atom stereocenters. The van der Waals surface area contributed by atoms with Crippen LogP contribution in [-0.2, 0) is 23.8 Å². The number of aryl methyl sites for hydroxylation is 1. The van der Waals surface area contributed by atoms with Crippen LogP contribution in [-0.4, -0.2) is 11.1 Å². The average molecular weight is 373 g/mol. The fourth-order valence-corrected chi connectivity index (χ4v) is 2.77. The Hall–Kier alpha value is -2.41. The average Bonchev–Trinajstić information content (AvgIpc) is 2.51. The minimum absolute atomic E-state index is 0.0386. The van der Waals surface area contributed by atoms with Gasteiger partial charge in [-0.2, -0.15) is 13.2 Å². The summed E-state index contributed by atoms with van der Waals surface area (Å²) >= 11 is 5.87. The summed E-state index contributed by atoms with van der Waals surface area (Å²) in [4.78, 5) is 10.7. The second kappa shape index (κ2) is 7.23. The van der Waals surface area contributed by atoms with Crippen LogP contribution in [0.3, 0.4) is 0 Å². The third-order valence-corrected chi connectivity index (χ3v) is 4.03. The number of halogens is 4. The lowest BCUT2D eigenvalue weighted by Gasteiger charge is -2.19. The van der Waals surface area contributed by atoms with Gasteiger partial charge in [0.25, 0.3) is 0 Å². The predicted molar refractivity (Wildman–Crippen MR) is 91.3 cm³/mol. The highest BCUT2D eigenvalue weighted by molar-refractivity contribution is 6.34. The Labute approximate surface area is 147 Å². The van der Waals surface area contributed by atoms with Gasteiger partial charge < -0.3 is 16.2 Å². The molecule has 0 aliphatic rings. The van der Waals surface area contributed by atoms with E-state index in [1.54, 1.807) is 31.2 Å². The molecule has 2 aromatic rings. The number of nitrogens with two attached hydrogens (primary N) is 1. The van der Waals surface area contributed by atoms with Gasteiger partial charge in [0.05, 0.1) is 28.4 Å². The van der Waals surface area contributed by atoms with Crippen molar-refractivity contribution in [3.05, 3.63) is 52.0 Å². The van der Waals surface area contributed by atoms with Crippen molar-refractivity contribution in [2.75, 3.05) is 11.1 Å². The van der Waals surface area contributed by atoms with E-state index in [0.29, 0.717) is 11.3 Å². The normalized spacial score (nSPS) is 11.4. The van der Waals surface area contributed by atoms with E-state index >= 15 is 0 Å². The van der Waals surface area contributed by atoms with Crippen molar-refractivity contribution in [1.29, 1.82) is 0 Å². The van der Waals surface area contributed by atoms with Gasteiger partial charge in [0.15, 0.2) is 0 Å². The lowest BCUT2D eigenvalue weighted by atomic mass is 10.0. The standard InChI is InChI=1S/C17H16ClF3N2O2/c1-2-10-8-12(16(22)15(18)14(10)17(19,20)21)23-11-5-3-9(4-6-11)7-13(24)25/h3-6,8,23H,2,7,22H2,1H3,(H,24,25).